The highest BCUT2D eigenvalue weighted by molar-refractivity contribution is 6.06. The quantitative estimate of drug-likeness (QED) is 0.399. The summed E-state index contributed by atoms with van der Waals surface area (Å²) in [5.74, 6) is 2.15. The molecule has 0 unspecified atom stereocenters. The van der Waals surface area contributed by atoms with E-state index in [0.717, 1.165) is 34.9 Å². The molecule has 0 aliphatic carbocycles. The summed E-state index contributed by atoms with van der Waals surface area (Å²) < 4.78 is 18.2. The summed E-state index contributed by atoms with van der Waals surface area (Å²) in [5, 5.41) is 4.13. The van der Waals surface area contributed by atoms with Gasteiger partial charge in [-0.1, -0.05) is 12.1 Å². The van der Waals surface area contributed by atoms with Crippen molar-refractivity contribution in [3.63, 3.8) is 0 Å². The zero-order valence-electron chi connectivity index (χ0n) is 16.8. The lowest BCUT2D eigenvalue weighted by atomic mass is 10.1. The summed E-state index contributed by atoms with van der Waals surface area (Å²) in [6.07, 6.45) is 6.65. The summed E-state index contributed by atoms with van der Waals surface area (Å²) >= 11 is 0. The fourth-order valence-electron chi connectivity index (χ4n) is 2.78. The van der Waals surface area contributed by atoms with Crippen molar-refractivity contribution in [2.75, 3.05) is 14.2 Å². The normalized spacial score (nSPS) is 10.9. The highest BCUT2D eigenvalue weighted by atomic mass is 16.5. The smallest absolute Gasteiger partial charge is 0.189 e. The van der Waals surface area contributed by atoms with Crippen molar-refractivity contribution < 1.29 is 19.0 Å². The van der Waals surface area contributed by atoms with E-state index in [2.05, 4.69) is 5.10 Å². The van der Waals surface area contributed by atoms with Gasteiger partial charge in [-0.05, 0) is 55.0 Å². The van der Waals surface area contributed by atoms with Gasteiger partial charge in [-0.2, -0.15) is 5.10 Å². The summed E-state index contributed by atoms with van der Waals surface area (Å²) in [4.78, 5) is 12.3. The molecule has 0 saturated heterocycles. The van der Waals surface area contributed by atoms with Crippen LogP contribution in [-0.2, 0) is 13.2 Å². The highest BCUT2D eigenvalue weighted by Gasteiger charge is 2.07. The Morgan fingerprint density at radius 1 is 1.07 bits per heavy atom. The van der Waals surface area contributed by atoms with Gasteiger partial charge in [0.05, 0.1) is 26.0 Å². The number of ketones is 1. The molecule has 6 heteroatoms. The van der Waals surface area contributed by atoms with Gasteiger partial charge in [-0.3, -0.25) is 9.48 Å². The van der Waals surface area contributed by atoms with E-state index in [0.29, 0.717) is 12.2 Å². The van der Waals surface area contributed by atoms with Crippen molar-refractivity contribution in [1.29, 1.82) is 0 Å². The van der Waals surface area contributed by atoms with Gasteiger partial charge < -0.3 is 14.2 Å². The maximum Gasteiger partial charge on any atom is 0.189 e. The Balaban J connectivity index is 1.70. The first-order chi connectivity index (χ1) is 14.1. The Kier molecular flexibility index (Phi) is 6.68. The molecule has 6 nitrogen and oxygen atoms in total. The summed E-state index contributed by atoms with van der Waals surface area (Å²) in [5.41, 5.74) is 2.34. The molecule has 0 aliphatic heterocycles. The Labute approximate surface area is 170 Å². The van der Waals surface area contributed by atoms with Gasteiger partial charge in [0.2, 0.25) is 0 Å². The largest absolute Gasteiger partial charge is 0.497 e. The number of benzene rings is 2. The Bertz CT molecular complexity index is 990. The summed E-state index contributed by atoms with van der Waals surface area (Å²) in [6, 6.07) is 13.1. The van der Waals surface area contributed by atoms with Crippen molar-refractivity contribution in [2.45, 2.75) is 20.1 Å². The Hall–Kier alpha value is -3.54. The lowest BCUT2D eigenvalue weighted by Gasteiger charge is -2.11. The van der Waals surface area contributed by atoms with Crippen LogP contribution < -0.4 is 14.2 Å². The maximum atomic E-state index is 12.3. The predicted molar refractivity (Wildman–Crippen MR) is 112 cm³/mol. The van der Waals surface area contributed by atoms with Crippen molar-refractivity contribution in [2.24, 2.45) is 0 Å². The number of methoxy groups -OCH3 is 2. The molecule has 0 bridgehead atoms. The minimum absolute atomic E-state index is 0.0865. The third-order valence-electron chi connectivity index (χ3n) is 4.43. The molecule has 3 aromatic rings. The molecule has 0 aliphatic rings. The average molecular weight is 392 g/mol. The fourth-order valence-corrected chi connectivity index (χ4v) is 2.78. The molecule has 29 heavy (non-hydrogen) atoms. The first-order valence-corrected chi connectivity index (χ1v) is 9.31. The number of hydrogen-bond donors (Lipinski definition) is 0. The monoisotopic (exact) mass is 392 g/mol. The van der Waals surface area contributed by atoms with Crippen molar-refractivity contribution >= 4 is 11.9 Å². The molecule has 3 rings (SSSR count). The Morgan fingerprint density at radius 3 is 2.48 bits per heavy atom. The first-order valence-electron chi connectivity index (χ1n) is 9.31. The lowest BCUT2D eigenvalue weighted by molar-refractivity contribution is 0.104. The first kappa shape index (κ1) is 20.2. The van der Waals surface area contributed by atoms with Gasteiger partial charge in [-0.15, -0.1) is 0 Å². The molecular formula is C23H24N2O4. The van der Waals surface area contributed by atoms with E-state index in [9.17, 15) is 4.79 Å². The average Bonchev–Trinajstić information content (AvgIpc) is 3.26. The van der Waals surface area contributed by atoms with E-state index in [1.165, 1.54) is 0 Å². The zero-order valence-corrected chi connectivity index (χ0v) is 16.8. The molecular weight excluding hydrogens is 368 g/mol. The lowest BCUT2D eigenvalue weighted by Crippen LogP contribution is -1.99. The van der Waals surface area contributed by atoms with Crippen LogP contribution in [0, 0.1) is 0 Å². The molecule has 1 heterocycles. The van der Waals surface area contributed by atoms with E-state index in [-0.39, 0.29) is 5.78 Å². The highest BCUT2D eigenvalue weighted by Crippen LogP contribution is 2.24. The minimum Gasteiger partial charge on any atom is -0.497 e. The third kappa shape index (κ3) is 5.25. The second kappa shape index (κ2) is 9.59. The van der Waals surface area contributed by atoms with Crippen LogP contribution in [-0.4, -0.2) is 29.8 Å². The van der Waals surface area contributed by atoms with E-state index in [1.54, 1.807) is 43.4 Å². The van der Waals surface area contributed by atoms with Crippen molar-refractivity contribution in [1.82, 2.24) is 9.78 Å². The summed E-state index contributed by atoms with van der Waals surface area (Å²) in [7, 11) is 3.25. The van der Waals surface area contributed by atoms with Gasteiger partial charge >= 0.3 is 0 Å². The van der Waals surface area contributed by atoms with Crippen LogP contribution in [0.15, 0.2) is 60.9 Å². The molecule has 150 valence electrons. The molecule has 0 amide bonds. The Morgan fingerprint density at radius 2 is 1.83 bits per heavy atom. The SMILES string of the molecule is CCn1cc(C(=O)/C=C/c2ccc(OC)c(COc3ccc(OC)cc3)c2)cn1. The third-order valence-corrected chi connectivity index (χ3v) is 4.43. The number of hydrogen-bond acceptors (Lipinski definition) is 5. The van der Waals surface area contributed by atoms with Crippen molar-refractivity contribution in [3.05, 3.63) is 77.6 Å². The van der Waals surface area contributed by atoms with Crippen LogP contribution in [0.4, 0.5) is 0 Å². The molecule has 2 aromatic carbocycles. The number of ether oxygens (including phenoxy) is 3. The molecule has 0 fully saturated rings. The van der Waals surface area contributed by atoms with Crippen LogP contribution in [0.5, 0.6) is 17.2 Å². The van der Waals surface area contributed by atoms with Crippen LogP contribution in [0.2, 0.25) is 0 Å². The second-order valence-corrected chi connectivity index (χ2v) is 6.32. The number of aromatic nitrogens is 2. The number of rotatable bonds is 9. The van der Waals surface area contributed by atoms with Crippen LogP contribution in [0.3, 0.4) is 0 Å². The standard InChI is InChI=1S/C23H24N2O4/c1-4-25-15-19(14-24-25)22(26)11-5-17-6-12-23(28-3)18(13-17)16-29-21-9-7-20(27-2)8-10-21/h5-15H,4,16H2,1-3H3/b11-5+. The van der Waals surface area contributed by atoms with Crippen LogP contribution >= 0.6 is 0 Å². The summed E-state index contributed by atoms with van der Waals surface area (Å²) in [6.45, 7) is 3.05. The molecule has 1 aromatic heterocycles. The van der Waals surface area contributed by atoms with Crippen molar-refractivity contribution in [3.8, 4) is 17.2 Å². The van der Waals surface area contributed by atoms with Crippen LogP contribution in [0.25, 0.3) is 6.08 Å². The van der Waals surface area contributed by atoms with Gasteiger partial charge in [-0.25, -0.2) is 0 Å². The van der Waals surface area contributed by atoms with E-state index in [4.69, 9.17) is 14.2 Å². The number of aryl methyl sites for hydroxylation is 1. The predicted octanol–water partition coefficient (Wildman–Crippen LogP) is 4.40. The number of nitrogens with zero attached hydrogens (tertiary/aromatic N) is 2. The number of carbonyl (C=O) groups is 1. The maximum absolute atomic E-state index is 12.3. The molecule has 0 saturated carbocycles. The molecule has 0 spiro atoms. The van der Waals surface area contributed by atoms with E-state index >= 15 is 0 Å². The topological polar surface area (TPSA) is 62.6 Å². The van der Waals surface area contributed by atoms with E-state index < -0.39 is 0 Å². The number of carbonyl (C=O) groups excluding carboxylic acids is 1. The molecule has 0 N–H and O–H groups in total. The number of allylic oxidation sites excluding steroid dienone is 1. The van der Waals surface area contributed by atoms with Gasteiger partial charge in [0.25, 0.3) is 0 Å². The van der Waals surface area contributed by atoms with Gasteiger partial charge in [0, 0.05) is 18.3 Å². The van der Waals surface area contributed by atoms with Crippen LogP contribution in [0.1, 0.15) is 28.4 Å². The van der Waals surface area contributed by atoms with E-state index in [1.807, 2.05) is 49.4 Å². The minimum atomic E-state index is -0.0865. The molecule has 0 radical (unpaired) electrons. The van der Waals surface area contributed by atoms with Gasteiger partial charge in [0.15, 0.2) is 5.78 Å². The second-order valence-electron chi connectivity index (χ2n) is 6.32. The van der Waals surface area contributed by atoms with Gasteiger partial charge in [0.1, 0.15) is 23.9 Å². The zero-order chi connectivity index (χ0) is 20.6. The molecule has 0 atom stereocenters. The fraction of sp³-hybridized carbons (Fsp3) is 0.217.